The van der Waals surface area contributed by atoms with Gasteiger partial charge in [-0.1, -0.05) is 12.1 Å². The second kappa shape index (κ2) is 5.87. The standard InChI is InChI=1S/C12H7Br4N/c13-7-3-1-2-4-9(7)17-10-6-5-8(14)11(15)12(10)16/h1-6,17H. The van der Waals surface area contributed by atoms with Crippen LogP contribution in [0.2, 0.25) is 0 Å². The quantitative estimate of drug-likeness (QED) is 0.481. The van der Waals surface area contributed by atoms with Gasteiger partial charge in [0.2, 0.25) is 0 Å². The van der Waals surface area contributed by atoms with Crippen molar-refractivity contribution in [3.63, 3.8) is 0 Å². The van der Waals surface area contributed by atoms with Crippen LogP contribution in [0.3, 0.4) is 0 Å². The minimum atomic E-state index is 0.989. The molecule has 0 fully saturated rings. The molecular weight excluding hydrogens is 478 g/mol. The van der Waals surface area contributed by atoms with E-state index in [1.54, 1.807) is 0 Å². The van der Waals surface area contributed by atoms with E-state index in [1.165, 1.54) is 0 Å². The number of para-hydroxylation sites is 1. The highest BCUT2D eigenvalue weighted by Gasteiger charge is 2.08. The summed E-state index contributed by atoms with van der Waals surface area (Å²) in [6.45, 7) is 0. The predicted molar refractivity (Wildman–Crippen MR) is 87.0 cm³/mol. The van der Waals surface area contributed by atoms with E-state index in [9.17, 15) is 0 Å². The van der Waals surface area contributed by atoms with Crippen molar-refractivity contribution in [3.8, 4) is 0 Å². The average Bonchev–Trinajstić information content (AvgIpc) is 2.32. The van der Waals surface area contributed by atoms with Crippen LogP contribution in [0.5, 0.6) is 0 Å². The lowest BCUT2D eigenvalue weighted by Crippen LogP contribution is -1.93. The van der Waals surface area contributed by atoms with Crippen molar-refractivity contribution in [3.05, 3.63) is 54.3 Å². The summed E-state index contributed by atoms with van der Waals surface area (Å²) in [4.78, 5) is 0. The highest BCUT2D eigenvalue weighted by Crippen LogP contribution is 2.38. The van der Waals surface area contributed by atoms with Crippen LogP contribution in [0, 0.1) is 0 Å². The monoisotopic (exact) mass is 481 g/mol. The van der Waals surface area contributed by atoms with Crippen LogP contribution in [0.25, 0.3) is 0 Å². The Bertz CT molecular complexity index is 554. The molecule has 2 aromatic rings. The maximum Gasteiger partial charge on any atom is 0.0563 e. The summed E-state index contributed by atoms with van der Waals surface area (Å²) in [5, 5.41) is 3.36. The molecule has 0 saturated heterocycles. The normalized spacial score (nSPS) is 10.4. The van der Waals surface area contributed by atoms with Gasteiger partial charge < -0.3 is 5.32 Å². The topological polar surface area (TPSA) is 12.0 Å². The highest BCUT2D eigenvalue weighted by atomic mass is 79.9. The van der Waals surface area contributed by atoms with E-state index >= 15 is 0 Å². The summed E-state index contributed by atoms with van der Waals surface area (Å²) in [6, 6.07) is 12.0. The zero-order valence-corrected chi connectivity index (χ0v) is 14.8. The Labute approximate surface area is 134 Å². The molecule has 0 heterocycles. The molecule has 1 nitrogen and oxygen atoms in total. The van der Waals surface area contributed by atoms with Crippen molar-refractivity contribution in [2.45, 2.75) is 0 Å². The van der Waals surface area contributed by atoms with Crippen LogP contribution in [-0.2, 0) is 0 Å². The summed E-state index contributed by atoms with van der Waals surface area (Å²) in [7, 11) is 0. The molecule has 1 N–H and O–H groups in total. The molecule has 0 unspecified atom stereocenters. The molecule has 0 aliphatic carbocycles. The van der Waals surface area contributed by atoms with Crippen molar-refractivity contribution in [1.82, 2.24) is 0 Å². The molecule has 0 spiro atoms. The van der Waals surface area contributed by atoms with Gasteiger partial charge >= 0.3 is 0 Å². The second-order valence-corrected chi connectivity index (χ2v) is 6.62. The SMILES string of the molecule is Brc1ccccc1Nc1ccc(Br)c(Br)c1Br. The van der Waals surface area contributed by atoms with Gasteiger partial charge in [0.25, 0.3) is 0 Å². The Hall–Kier alpha value is 0.160. The zero-order chi connectivity index (χ0) is 12.4. The van der Waals surface area contributed by atoms with Crippen LogP contribution in [0.1, 0.15) is 0 Å². The Morgan fingerprint density at radius 3 is 2.06 bits per heavy atom. The van der Waals surface area contributed by atoms with E-state index in [1.807, 2.05) is 36.4 Å². The summed E-state index contributed by atoms with van der Waals surface area (Å²) in [5.41, 5.74) is 2.04. The van der Waals surface area contributed by atoms with E-state index in [-0.39, 0.29) is 0 Å². The lowest BCUT2D eigenvalue weighted by atomic mass is 10.3. The molecule has 0 amide bonds. The lowest BCUT2D eigenvalue weighted by Gasteiger charge is -2.12. The Morgan fingerprint density at radius 1 is 0.647 bits per heavy atom. The first-order valence-electron chi connectivity index (χ1n) is 4.74. The highest BCUT2D eigenvalue weighted by molar-refractivity contribution is 9.14. The number of halogens is 4. The Morgan fingerprint density at radius 2 is 1.35 bits per heavy atom. The molecule has 0 saturated carbocycles. The minimum absolute atomic E-state index is 0.989. The third-order valence-electron chi connectivity index (χ3n) is 2.18. The van der Waals surface area contributed by atoms with Gasteiger partial charge in [0.15, 0.2) is 0 Å². The summed E-state index contributed by atoms with van der Waals surface area (Å²) in [5.74, 6) is 0. The van der Waals surface area contributed by atoms with Crippen LogP contribution in [-0.4, -0.2) is 0 Å². The number of rotatable bonds is 2. The molecule has 17 heavy (non-hydrogen) atoms. The number of hydrogen-bond donors (Lipinski definition) is 1. The molecular formula is C12H7Br4N. The van der Waals surface area contributed by atoms with Gasteiger partial charge in [-0.05, 0) is 88.0 Å². The van der Waals surface area contributed by atoms with Gasteiger partial charge in [0.05, 0.1) is 15.8 Å². The second-order valence-electron chi connectivity index (χ2n) is 3.33. The minimum Gasteiger partial charge on any atom is -0.354 e. The molecule has 0 aromatic heterocycles. The third kappa shape index (κ3) is 3.13. The van der Waals surface area contributed by atoms with Crippen LogP contribution < -0.4 is 5.32 Å². The average molecular weight is 485 g/mol. The predicted octanol–water partition coefficient (Wildman–Crippen LogP) is 6.48. The maximum absolute atomic E-state index is 3.56. The third-order valence-corrected chi connectivity index (χ3v) is 6.24. The molecule has 0 atom stereocenters. The maximum atomic E-state index is 3.56. The van der Waals surface area contributed by atoms with Gasteiger partial charge in [-0.15, -0.1) is 0 Å². The summed E-state index contributed by atoms with van der Waals surface area (Å²) >= 11 is 14.1. The van der Waals surface area contributed by atoms with Crippen molar-refractivity contribution in [2.75, 3.05) is 5.32 Å². The molecule has 2 rings (SSSR count). The molecule has 0 bridgehead atoms. The summed E-state index contributed by atoms with van der Waals surface area (Å²) < 4.78 is 4.03. The van der Waals surface area contributed by atoms with Crippen LogP contribution >= 0.6 is 63.7 Å². The first-order valence-corrected chi connectivity index (χ1v) is 7.92. The summed E-state index contributed by atoms with van der Waals surface area (Å²) in [6.07, 6.45) is 0. The van der Waals surface area contributed by atoms with Crippen molar-refractivity contribution < 1.29 is 0 Å². The van der Waals surface area contributed by atoms with Crippen LogP contribution in [0.15, 0.2) is 54.3 Å². The number of anilines is 2. The van der Waals surface area contributed by atoms with Gasteiger partial charge in [-0.25, -0.2) is 0 Å². The number of nitrogens with one attached hydrogen (secondary N) is 1. The first kappa shape index (κ1) is 13.6. The lowest BCUT2D eigenvalue weighted by molar-refractivity contribution is 1.47. The fraction of sp³-hybridized carbons (Fsp3) is 0. The van der Waals surface area contributed by atoms with Gasteiger partial charge in [-0.2, -0.15) is 0 Å². The molecule has 5 heteroatoms. The van der Waals surface area contributed by atoms with Gasteiger partial charge in [0.1, 0.15) is 0 Å². The fourth-order valence-corrected chi connectivity index (χ4v) is 3.10. The van der Waals surface area contributed by atoms with Crippen LogP contribution in [0.4, 0.5) is 11.4 Å². The first-order chi connectivity index (χ1) is 8.09. The van der Waals surface area contributed by atoms with Crippen molar-refractivity contribution in [2.24, 2.45) is 0 Å². The smallest absolute Gasteiger partial charge is 0.0563 e. The van der Waals surface area contributed by atoms with E-state index in [2.05, 4.69) is 69.0 Å². The molecule has 0 radical (unpaired) electrons. The largest absolute Gasteiger partial charge is 0.354 e. The molecule has 0 aliphatic rings. The Balaban J connectivity index is 2.38. The molecule has 88 valence electrons. The Kier molecular flexibility index (Phi) is 4.69. The molecule has 2 aromatic carbocycles. The molecule has 0 aliphatic heterocycles. The van der Waals surface area contributed by atoms with E-state index < -0.39 is 0 Å². The fourth-order valence-electron chi connectivity index (χ4n) is 1.33. The number of hydrogen-bond acceptors (Lipinski definition) is 1. The van der Waals surface area contributed by atoms with E-state index in [0.29, 0.717) is 0 Å². The number of benzene rings is 2. The van der Waals surface area contributed by atoms with Gasteiger partial charge in [-0.3, -0.25) is 0 Å². The van der Waals surface area contributed by atoms with E-state index in [0.717, 1.165) is 29.3 Å². The van der Waals surface area contributed by atoms with Crippen molar-refractivity contribution in [1.29, 1.82) is 0 Å². The van der Waals surface area contributed by atoms with E-state index in [4.69, 9.17) is 0 Å². The van der Waals surface area contributed by atoms with Gasteiger partial charge in [0, 0.05) is 13.4 Å². The zero-order valence-electron chi connectivity index (χ0n) is 8.48. The van der Waals surface area contributed by atoms with Crippen molar-refractivity contribution >= 4 is 75.1 Å².